The lowest BCUT2D eigenvalue weighted by atomic mass is 9.81. The monoisotopic (exact) mass is 952 g/mol. The van der Waals surface area contributed by atoms with Crippen molar-refractivity contribution < 1.29 is 55.7 Å². The number of carboxylic acid groups (broad SMARTS) is 1. The molecule has 67 heavy (non-hydrogen) atoms. The number of ether oxygens (including phenoxy) is 3. The smallest absolute Gasteiger partial charge is 0.408 e. The van der Waals surface area contributed by atoms with Gasteiger partial charge in [0.25, 0.3) is 11.8 Å². The van der Waals surface area contributed by atoms with Gasteiger partial charge in [0.15, 0.2) is 0 Å². The van der Waals surface area contributed by atoms with Gasteiger partial charge in [-0.05, 0) is 120 Å². The fourth-order valence-electron chi connectivity index (χ4n) is 9.33. The first-order valence-corrected chi connectivity index (χ1v) is 24.6. The summed E-state index contributed by atoms with van der Waals surface area (Å²) in [6.45, 7) is 9.96. The van der Waals surface area contributed by atoms with E-state index in [4.69, 9.17) is 19.2 Å². The maximum Gasteiger partial charge on any atom is 0.408 e. The Morgan fingerprint density at radius 3 is 2.39 bits per heavy atom. The van der Waals surface area contributed by atoms with E-state index in [9.17, 15) is 27.9 Å². The maximum absolute atomic E-state index is 15.6. The molecule has 2 aliphatic heterocycles. The number of carbonyl (C=O) groups is 4. The third-order valence-electron chi connectivity index (χ3n) is 13.7. The van der Waals surface area contributed by atoms with E-state index in [1.807, 2.05) is 32.9 Å². The van der Waals surface area contributed by atoms with Gasteiger partial charge in [0, 0.05) is 24.6 Å². The lowest BCUT2D eigenvalue weighted by Gasteiger charge is -2.47. The molecule has 0 radical (unpaired) electrons. The quantitative estimate of drug-likeness (QED) is 0.147. The first kappa shape index (κ1) is 49.3. The number of hydrogen-bond donors (Lipinski definition) is 3. The number of fused-ring (bicyclic) bond motifs is 3. The molecule has 364 valence electrons. The molecule has 1 saturated heterocycles. The number of nitrogens with one attached hydrogen (secondary N) is 2. The van der Waals surface area contributed by atoms with Crippen molar-refractivity contribution in [3.8, 4) is 28.8 Å². The van der Waals surface area contributed by atoms with Gasteiger partial charge >= 0.3 is 6.09 Å². The van der Waals surface area contributed by atoms with Crippen LogP contribution in [0.3, 0.4) is 0 Å². The summed E-state index contributed by atoms with van der Waals surface area (Å²) in [5, 5.41) is 14.1. The predicted octanol–water partition coefficient (Wildman–Crippen LogP) is 7.11. The van der Waals surface area contributed by atoms with E-state index in [1.54, 1.807) is 49.5 Å². The number of methoxy groups -OCH3 is 1. The Bertz CT molecular complexity index is 2510. The summed E-state index contributed by atoms with van der Waals surface area (Å²) in [5.41, 5.74) is -3.20. The normalized spacial score (nSPS) is 26.2. The molecule has 3 aromatic rings. The second-order valence-corrected chi connectivity index (χ2v) is 21.4. The zero-order chi connectivity index (χ0) is 48.8. The van der Waals surface area contributed by atoms with Crippen LogP contribution >= 0.6 is 0 Å². The van der Waals surface area contributed by atoms with Crippen molar-refractivity contribution in [2.45, 2.75) is 146 Å². The van der Waals surface area contributed by atoms with E-state index in [-0.39, 0.29) is 43.7 Å². The summed E-state index contributed by atoms with van der Waals surface area (Å²) in [6.07, 6.45) is 4.71. The summed E-state index contributed by atoms with van der Waals surface area (Å²) in [4.78, 5) is 69.0. The Hall–Kier alpha value is -5.59. The Morgan fingerprint density at radius 1 is 1.06 bits per heavy atom. The molecule has 3 N–H and O–H groups in total. The van der Waals surface area contributed by atoms with Crippen LogP contribution in [0.25, 0.3) is 22.2 Å². The molecule has 2 aromatic heterocycles. The van der Waals surface area contributed by atoms with E-state index in [2.05, 4.69) is 15.0 Å². The van der Waals surface area contributed by atoms with Crippen molar-refractivity contribution in [1.82, 2.24) is 29.8 Å². The summed E-state index contributed by atoms with van der Waals surface area (Å²) < 4.78 is 77.6. The van der Waals surface area contributed by atoms with Gasteiger partial charge in [-0.1, -0.05) is 32.4 Å². The third kappa shape index (κ3) is 10.3. The molecule has 0 spiro atoms. The third-order valence-corrected chi connectivity index (χ3v) is 15.6. The topological polar surface area (TPSA) is 207 Å². The number of aromatic nitrogens is 2. The van der Waals surface area contributed by atoms with Crippen LogP contribution in [0, 0.1) is 17.8 Å². The second-order valence-electron chi connectivity index (χ2n) is 19.4. The highest BCUT2D eigenvalue weighted by Crippen LogP contribution is 2.47. The van der Waals surface area contributed by atoms with Crippen molar-refractivity contribution in [3.63, 3.8) is 0 Å². The number of allylic oxidation sites excluding steroid dienone is 1. The molecule has 4 aliphatic rings. The van der Waals surface area contributed by atoms with Crippen LogP contribution in [0.15, 0.2) is 54.7 Å². The summed E-state index contributed by atoms with van der Waals surface area (Å²) in [5.74, 6) is -6.48. The van der Waals surface area contributed by atoms with Crippen LogP contribution < -0.4 is 24.2 Å². The molecule has 7 rings (SSSR count). The van der Waals surface area contributed by atoms with Crippen LogP contribution in [0.4, 0.5) is 13.6 Å². The van der Waals surface area contributed by atoms with Crippen molar-refractivity contribution in [3.05, 3.63) is 54.7 Å². The number of carbonyl (C=O) groups excluding carboxylic acids is 3. The largest absolute Gasteiger partial charge is 0.497 e. The average molecular weight is 953 g/mol. The Morgan fingerprint density at radius 2 is 1.78 bits per heavy atom. The van der Waals surface area contributed by atoms with Gasteiger partial charge in [-0.3, -0.25) is 29.0 Å². The van der Waals surface area contributed by atoms with Gasteiger partial charge < -0.3 is 29.5 Å². The highest BCUT2D eigenvalue weighted by Gasteiger charge is 2.63. The molecule has 0 bridgehead atoms. The van der Waals surface area contributed by atoms with Crippen molar-refractivity contribution in [2.75, 3.05) is 13.7 Å². The standard InChI is InChI=1S/C48H62F2N6O10S/c1-9-29-20-28(4)12-10-11-13-31-24-48(31,44(59)54-67(62,63)35-16-17-35)53-41(57)39-23-34(26-55(39)43(58)40(29)56(45(60)61)46(5,6)47(7,49)50)66-42-36-18-14-32(64-8)21-30(36)22-38(52-42)37-19-15-33(25-51-37)65-27(2)3/h11,13-15,18-19,21-22,25,27-29,31,34-35,39-40H,9-10,12,16-17,20,23-24,26H2,1-8H3,(H,53,57)(H,54,59)(H,60,61)/t28-,29-,31-,34-,39+,40+,48-/m1/s1. The summed E-state index contributed by atoms with van der Waals surface area (Å²) in [6, 6.07) is 7.46. The zero-order valence-corrected chi connectivity index (χ0v) is 40.1. The van der Waals surface area contributed by atoms with Gasteiger partial charge in [-0.25, -0.2) is 27.0 Å². The number of alkyl halides is 2. The number of benzene rings is 1. The number of sulfonamides is 1. The molecule has 19 heteroatoms. The highest BCUT2D eigenvalue weighted by atomic mass is 32.2. The molecule has 2 aliphatic carbocycles. The number of nitrogens with zero attached hydrogens (tertiary/aromatic N) is 4. The van der Waals surface area contributed by atoms with E-state index < -0.39 is 86.1 Å². The van der Waals surface area contributed by atoms with E-state index in [0.717, 1.165) is 13.8 Å². The fraction of sp³-hybridized carbons (Fsp3) is 0.583. The molecule has 16 nitrogen and oxygen atoms in total. The molecular weight excluding hydrogens is 891 g/mol. The van der Waals surface area contributed by atoms with Crippen LogP contribution in [0.2, 0.25) is 0 Å². The first-order chi connectivity index (χ1) is 31.5. The number of halogens is 2. The van der Waals surface area contributed by atoms with Gasteiger partial charge in [0.1, 0.15) is 40.8 Å². The number of amides is 4. The van der Waals surface area contributed by atoms with Gasteiger partial charge in [-0.2, -0.15) is 0 Å². The maximum atomic E-state index is 15.6. The van der Waals surface area contributed by atoms with E-state index in [1.165, 1.54) is 12.0 Å². The molecule has 0 unspecified atom stereocenters. The Kier molecular flexibility index (Phi) is 13.9. The average Bonchev–Trinajstić information content (AvgIpc) is 4.19. The van der Waals surface area contributed by atoms with Gasteiger partial charge in [0.2, 0.25) is 27.7 Å². The minimum Gasteiger partial charge on any atom is -0.497 e. The first-order valence-electron chi connectivity index (χ1n) is 23.0. The van der Waals surface area contributed by atoms with Crippen molar-refractivity contribution in [1.29, 1.82) is 0 Å². The molecule has 2 saturated carbocycles. The number of rotatable bonds is 13. The van der Waals surface area contributed by atoms with Crippen molar-refractivity contribution >= 4 is 44.6 Å². The number of pyridine rings is 2. The van der Waals surface area contributed by atoms with Crippen LogP contribution in [-0.2, 0) is 24.4 Å². The molecule has 1 aromatic carbocycles. The Balaban J connectivity index is 1.32. The van der Waals surface area contributed by atoms with E-state index in [0.29, 0.717) is 77.6 Å². The molecule has 4 heterocycles. The minimum atomic E-state index is -4.03. The lowest BCUT2D eigenvalue weighted by molar-refractivity contribution is -0.157. The predicted molar refractivity (Wildman–Crippen MR) is 245 cm³/mol. The zero-order valence-electron chi connectivity index (χ0n) is 39.3. The fourth-order valence-corrected chi connectivity index (χ4v) is 10.7. The molecule has 7 atom stereocenters. The van der Waals surface area contributed by atoms with Gasteiger partial charge in [-0.15, -0.1) is 0 Å². The van der Waals surface area contributed by atoms with Crippen LogP contribution in [-0.4, -0.2) is 117 Å². The van der Waals surface area contributed by atoms with Crippen LogP contribution in [0.1, 0.15) is 99.8 Å². The summed E-state index contributed by atoms with van der Waals surface area (Å²) in [7, 11) is -2.50. The minimum absolute atomic E-state index is 0.0787. The summed E-state index contributed by atoms with van der Waals surface area (Å²) >= 11 is 0. The number of hydrogen-bond acceptors (Lipinski definition) is 11. The Labute approximate surface area is 390 Å². The second kappa shape index (κ2) is 18.8. The van der Waals surface area contributed by atoms with Crippen LogP contribution in [0.5, 0.6) is 17.4 Å². The highest BCUT2D eigenvalue weighted by molar-refractivity contribution is 7.91. The molecule has 3 fully saturated rings. The van der Waals surface area contributed by atoms with Crippen molar-refractivity contribution in [2.24, 2.45) is 17.8 Å². The molecular formula is C48H62F2N6O10S. The van der Waals surface area contributed by atoms with Gasteiger partial charge in [0.05, 0.1) is 42.6 Å². The molecule has 4 amide bonds. The van der Waals surface area contributed by atoms with E-state index >= 15 is 13.6 Å². The lowest BCUT2D eigenvalue weighted by Crippen LogP contribution is -2.67. The SMILES string of the molecule is CC[C@@H]1C[C@H](C)CCC=C[C@@H]2C[C@@]2(C(=O)NS(=O)(=O)C2CC2)NC(=O)[C@@H]2C[C@@H](Oc3nc(-c4ccc(OC(C)C)cn4)cc4cc(OC)ccc34)CN2C(=O)[C@H]1N(C(=O)O)C(C)(C)C(C)(F)F.